The number of carbonyl (C=O) groups is 2. The maximum absolute atomic E-state index is 11.6. The van der Waals surface area contributed by atoms with Gasteiger partial charge in [0.05, 0.1) is 5.41 Å². The molecule has 1 rings (SSSR count). The molecule has 4 heteroatoms. The Bertz CT molecular complexity index is 487. The first kappa shape index (κ1) is 15.0. The van der Waals surface area contributed by atoms with Crippen LogP contribution in [0.4, 0.5) is 0 Å². The van der Waals surface area contributed by atoms with Gasteiger partial charge in [0, 0.05) is 12.6 Å². The molecule has 0 unspecified atom stereocenters. The van der Waals surface area contributed by atoms with Crippen molar-refractivity contribution in [3.05, 3.63) is 41.5 Å². The SMILES string of the molecule is Cc1ccc(/C=C/C(=O)NCC(C)(C)C(=O)O)cc1. The Kier molecular flexibility index (Phi) is 4.87. The second-order valence-corrected chi connectivity index (χ2v) is 5.15. The van der Waals surface area contributed by atoms with E-state index < -0.39 is 11.4 Å². The van der Waals surface area contributed by atoms with E-state index in [1.54, 1.807) is 19.9 Å². The normalized spacial score (nSPS) is 11.5. The number of nitrogens with one attached hydrogen (secondary N) is 1. The number of amides is 1. The van der Waals surface area contributed by atoms with Gasteiger partial charge in [-0.25, -0.2) is 0 Å². The Labute approximate surface area is 113 Å². The number of rotatable bonds is 5. The van der Waals surface area contributed by atoms with Crippen LogP contribution >= 0.6 is 0 Å². The molecule has 0 fully saturated rings. The quantitative estimate of drug-likeness (QED) is 0.799. The third kappa shape index (κ3) is 4.95. The third-order valence-corrected chi connectivity index (χ3v) is 2.79. The number of aryl methyl sites for hydroxylation is 1. The second-order valence-electron chi connectivity index (χ2n) is 5.15. The van der Waals surface area contributed by atoms with Crippen molar-refractivity contribution in [3.63, 3.8) is 0 Å². The standard InChI is InChI=1S/C15H19NO3/c1-11-4-6-12(7-5-11)8-9-13(17)16-10-15(2,3)14(18)19/h4-9H,10H2,1-3H3,(H,16,17)(H,18,19)/b9-8+. The van der Waals surface area contributed by atoms with Crippen molar-refractivity contribution in [2.75, 3.05) is 6.54 Å². The first-order valence-corrected chi connectivity index (χ1v) is 6.07. The highest BCUT2D eigenvalue weighted by Crippen LogP contribution is 2.13. The Morgan fingerprint density at radius 1 is 1.26 bits per heavy atom. The molecular weight excluding hydrogens is 242 g/mol. The molecule has 4 nitrogen and oxygen atoms in total. The molecule has 0 aliphatic carbocycles. The zero-order valence-corrected chi connectivity index (χ0v) is 11.4. The van der Waals surface area contributed by atoms with Crippen LogP contribution in [0.3, 0.4) is 0 Å². The molecule has 0 aliphatic heterocycles. The van der Waals surface area contributed by atoms with Crippen molar-refractivity contribution in [3.8, 4) is 0 Å². The van der Waals surface area contributed by atoms with Crippen molar-refractivity contribution in [1.29, 1.82) is 0 Å². The van der Waals surface area contributed by atoms with Crippen molar-refractivity contribution in [1.82, 2.24) is 5.32 Å². The van der Waals surface area contributed by atoms with E-state index in [2.05, 4.69) is 5.32 Å². The highest BCUT2D eigenvalue weighted by molar-refractivity contribution is 5.92. The van der Waals surface area contributed by atoms with Gasteiger partial charge < -0.3 is 10.4 Å². The van der Waals surface area contributed by atoms with Crippen LogP contribution in [0, 0.1) is 12.3 Å². The lowest BCUT2D eigenvalue weighted by Crippen LogP contribution is -2.38. The highest BCUT2D eigenvalue weighted by Gasteiger charge is 2.27. The predicted molar refractivity (Wildman–Crippen MR) is 74.6 cm³/mol. The van der Waals surface area contributed by atoms with Gasteiger partial charge in [0.2, 0.25) is 5.91 Å². The Balaban J connectivity index is 2.52. The van der Waals surface area contributed by atoms with Gasteiger partial charge in [-0.3, -0.25) is 9.59 Å². The van der Waals surface area contributed by atoms with Gasteiger partial charge in [-0.1, -0.05) is 29.8 Å². The monoisotopic (exact) mass is 261 g/mol. The van der Waals surface area contributed by atoms with E-state index in [1.165, 1.54) is 6.08 Å². The molecule has 0 aliphatic rings. The molecule has 1 aromatic rings. The van der Waals surface area contributed by atoms with Gasteiger partial charge in [-0.2, -0.15) is 0 Å². The fraction of sp³-hybridized carbons (Fsp3) is 0.333. The van der Waals surface area contributed by atoms with Crippen LogP contribution in [0.15, 0.2) is 30.3 Å². The van der Waals surface area contributed by atoms with Crippen LogP contribution in [0.2, 0.25) is 0 Å². The molecule has 0 spiro atoms. The minimum Gasteiger partial charge on any atom is -0.481 e. The summed E-state index contributed by atoms with van der Waals surface area (Å²) in [4.78, 5) is 22.4. The Hall–Kier alpha value is -2.10. The summed E-state index contributed by atoms with van der Waals surface area (Å²) in [6, 6.07) is 7.76. The molecule has 1 aromatic carbocycles. The highest BCUT2D eigenvalue weighted by atomic mass is 16.4. The zero-order chi connectivity index (χ0) is 14.5. The van der Waals surface area contributed by atoms with Gasteiger partial charge in [0.25, 0.3) is 0 Å². The lowest BCUT2D eigenvalue weighted by molar-refractivity contribution is -0.146. The largest absolute Gasteiger partial charge is 0.481 e. The lowest BCUT2D eigenvalue weighted by atomic mass is 9.94. The number of carboxylic acids is 1. The molecule has 0 heterocycles. The van der Waals surface area contributed by atoms with Crippen LogP contribution in [-0.2, 0) is 9.59 Å². The third-order valence-electron chi connectivity index (χ3n) is 2.79. The lowest BCUT2D eigenvalue weighted by Gasteiger charge is -2.18. The zero-order valence-electron chi connectivity index (χ0n) is 11.4. The Morgan fingerprint density at radius 3 is 2.37 bits per heavy atom. The van der Waals surface area contributed by atoms with Gasteiger partial charge in [-0.15, -0.1) is 0 Å². The first-order chi connectivity index (χ1) is 8.81. The fourth-order valence-electron chi connectivity index (χ4n) is 1.29. The van der Waals surface area contributed by atoms with Crippen LogP contribution < -0.4 is 5.32 Å². The number of carbonyl (C=O) groups excluding carboxylic acids is 1. The van der Waals surface area contributed by atoms with E-state index in [9.17, 15) is 9.59 Å². The molecule has 0 saturated heterocycles. The summed E-state index contributed by atoms with van der Waals surface area (Å²) >= 11 is 0. The molecule has 0 radical (unpaired) electrons. The molecule has 0 bridgehead atoms. The number of hydrogen-bond acceptors (Lipinski definition) is 2. The van der Waals surface area contributed by atoms with Gasteiger partial charge in [0.15, 0.2) is 0 Å². The van der Waals surface area contributed by atoms with Crippen LogP contribution in [0.25, 0.3) is 6.08 Å². The summed E-state index contributed by atoms with van der Waals surface area (Å²) in [5.74, 6) is -1.23. The summed E-state index contributed by atoms with van der Waals surface area (Å²) in [5, 5.41) is 11.5. The average molecular weight is 261 g/mol. The van der Waals surface area contributed by atoms with Crippen molar-refractivity contribution < 1.29 is 14.7 Å². The van der Waals surface area contributed by atoms with Gasteiger partial charge in [0.1, 0.15) is 0 Å². The minimum absolute atomic E-state index is 0.0966. The van der Waals surface area contributed by atoms with Gasteiger partial charge in [-0.05, 0) is 32.4 Å². The topological polar surface area (TPSA) is 66.4 Å². The predicted octanol–water partition coefficient (Wildman–Crippen LogP) is 2.24. The first-order valence-electron chi connectivity index (χ1n) is 6.07. The number of carboxylic acid groups (broad SMARTS) is 1. The van der Waals surface area contributed by atoms with Gasteiger partial charge >= 0.3 is 5.97 Å². The van der Waals surface area contributed by atoms with Crippen LogP contribution in [-0.4, -0.2) is 23.5 Å². The summed E-state index contributed by atoms with van der Waals surface area (Å²) in [6.45, 7) is 5.23. The molecule has 0 saturated carbocycles. The molecule has 0 atom stereocenters. The smallest absolute Gasteiger partial charge is 0.310 e. The molecule has 102 valence electrons. The van der Waals surface area contributed by atoms with E-state index in [0.717, 1.165) is 11.1 Å². The van der Waals surface area contributed by atoms with E-state index in [4.69, 9.17) is 5.11 Å². The molecule has 1 amide bonds. The maximum atomic E-state index is 11.6. The van der Waals surface area contributed by atoms with Crippen molar-refractivity contribution in [2.24, 2.45) is 5.41 Å². The second kappa shape index (κ2) is 6.18. The number of benzene rings is 1. The summed E-state index contributed by atoms with van der Waals surface area (Å²) in [6.07, 6.45) is 3.10. The van der Waals surface area contributed by atoms with Crippen molar-refractivity contribution in [2.45, 2.75) is 20.8 Å². The average Bonchev–Trinajstić information content (AvgIpc) is 2.35. The van der Waals surface area contributed by atoms with Crippen LogP contribution in [0.1, 0.15) is 25.0 Å². The van der Waals surface area contributed by atoms with E-state index in [0.29, 0.717) is 0 Å². The van der Waals surface area contributed by atoms with E-state index in [1.807, 2.05) is 31.2 Å². The summed E-state index contributed by atoms with van der Waals surface area (Å²) < 4.78 is 0. The van der Waals surface area contributed by atoms with E-state index >= 15 is 0 Å². The summed E-state index contributed by atoms with van der Waals surface area (Å²) in [5.41, 5.74) is 1.12. The number of aliphatic carboxylic acids is 1. The molecular formula is C15H19NO3. The molecule has 19 heavy (non-hydrogen) atoms. The minimum atomic E-state index is -0.965. The molecule has 2 N–H and O–H groups in total. The Morgan fingerprint density at radius 2 is 1.84 bits per heavy atom. The summed E-state index contributed by atoms with van der Waals surface area (Å²) in [7, 11) is 0. The van der Waals surface area contributed by atoms with E-state index in [-0.39, 0.29) is 12.5 Å². The van der Waals surface area contributed by atoms with Crippen molar-refractivity contribution >= 4 is 18.0 Å². The number of hydrogen-bond donors (Lipinski definition) is 2. The van der Waals surface area contributed by atoms with Crippen LogP contribution in [0.5, 0.6) is 0 Å². The fourth-order valence-corrected chi connectivity index (χ4v) is 1.29. The maximum Gasteiger partial charge on any atom is 0.310 e. The molecule has 0 aromatic heterocycles.